The van der Waals surface area contributed by atoms with Gasteiger partial charge in [-0.3, -0.25) is 14.7 Å². The van der Waals surface area contributed by atoms with Crippen LogP contribution >= 0.6 is 12.4 Å². The summed E-state index contributed by atoms with van der Waals surface area (Å²) < 4.78 is 1.38. The highest BCUT2D eigenvalue weighted by Crippen LogP contribution is 2.12. The normalized spacial score (nSPS) is 17.4. The summed E-state index contributed by atoms with van der Waals surface area (Å²) in [5.74, 6) is -0.175. The van der Waals surface area contributed by atoms with Crippen LogP contribution in [0.15, 0.2) is 35.1 Å². The van der Waals surface area contributed by atoms with E-state index in [1.54, 1.807) is 4.90 Å². The van der Waals surface area contributed by atoms with Crippen molar-refractivity contribution < 1.29 is 4.79 Å². The van der Waals surface area contributed by atoms with Gasteiger partial charge < -0.3 is 10.6 Å². The summed E-state index contributed by atoms with van der Waals surface area (Å²) in [6.45, 7) is 3.15. The lowest BCUT2D eigenvalue weighted by Crippen LogP contribution is -2.32. The minimum absolute atomic E-state index is 0. The van der Waals surface area contributed by atoms with Crippen molar-refractivity contribution in [1.29, 1.82) is 0 Å². The van der Waals surface area contributed by atoms with Crippen molar-refractivity contribution in [3.63, 3.8) is 0 Å². The number of H-pyrrole nitrogens is 1. The van der Waals surface area contributed by atoms with Crippen LogP contribution in [0.25, 0.3) is 5.69 Å². The van der Waals surface area contributed by atoms with Gasteiger partial charge in [-0.05, 0) is 25.5 Å². The van der Waals surface area contributed by atoms with E-state index in [0.717, 1.165) is 12.0 Å². The minimum atomic E-state index is -0.245. The van der Waals surface area contributed by atoms with Crippen molar-refractivity contribution in [1.82, 2.24) is 14.7 Å². The lowest BCUT2D eigenvalue weighted by molar-refractivity contribution is 0.0784. The van der Waals surface area contributed by atoms with Gasteiger partial charge in [0.05, 0.1) is 5.69 Å². The number of nitrogens with two attached hydrogens (primary N) is 1. The Bertz CT molecular complexity index is 720. The number of carbonyl (C=O) groups excluding carboxylic acids is 1. The van der Waals surface area contributed by atoms with E-state index in [2.05, 4.69) is 5.10 Å². The zero-order valence-electron chi connectivity index (χ0n) is 12.3. The molecule has 0 aliphatic carbocycles. The molecule has 1 aromatic carbocycles. The van der Waals surface area contributed by atoms with Crippen LogP contribution < -0.4 is 11.3 Å². The van der Waals surface area contributed by atoms with E-state index in [-0.39, 0.29) is 29.9 Å². The molecule has 6 nitrogen and oxygen atoms in total. The van der Waals surface area contributed by atoms with Crippen molar-refractivity contribution in [2.24, 2.45) is 5.73 Å². The van der Waals surface area contributed by atoms with E-state index >= 15 is 0 Å². The molecule has 2 aromatic rings. The molecule has 3 rings (SSSR count). The summed E-state index contributed by atoms with van der Waals surface area (Å²) in [5, 5.41) is 2.88. The maximum absolute atomic E-state index is 12.3. The molecule has 0 radical (unpaired) electrons. The highest BCUT2D eigenvalue weighted by atomic mass is 35.5. The number of amides is 1. The lowest BCUT2D eigenvalue weighted by Gasteiger charge is -2.14. The highest BCUT2D eigenvalue weighted by Gasteiger charge is 2.26. The first-order chi connectivity index (χ1) is 10.0. The molecule has 22 heavy (non-hydrogen) atoms. The first-order valence-electron chi connectivity index (χ1n) is 6.98. The number of aromatic nitrogens is 2. The monoisotopic (exact) mass is 322 g/mol. The predicted octanol–water partition coefficient (Wildman–Crippen LogP) is 1.07. The molecule has 2 heterocycles. The van der Waals surface area contributed by atoms with Crippen molar-refractivity contribution >= 4 is 18.3 Å². The Morgan fingerprint density at radius 2 is 2.00 bits per heavy atom. The van der Waals surface area contributed by atoms with Crippen LogP contribution in [0.1, 0.15) is 22.5 Å². The van der Waals surface area contributed by atoms with E-state index in [1.165, 1.54) is 10.7 Å². The number of benzene rings is 1. The molecule has 3 N–H and O–H groups in total. The van der Waals surface area contributed by atoms with Gasteiger partial charge in [-0.25, -0.2) is 4.68 Å². The fourth-order valence-corrected chi connectivity index (χ4v) is 2.53. The Labute approximate surface area is 134 Å². The third-order valence-corrected chi connectivity index (χ3v) is 3.75. The van der Waals surface area contributed by atoms with E-state index in [4.69, 9.17) is 5.73 Å². The first kappa shape index (κ1) is 16.3. The molecule has 1 saturated heterocycles. The second-order valence-corrected chi connectivity index (χ2v) is 5.48. The molecular formula is C15H19ClN4O2. The topological polar surface area (TPSA) is 84.1 Å². The van der Waals surface area contributed by atoms with Gasteiger partial charge in [0.25, 0.3) is 11.5 Å². The summed E-state index contributed by atoms with van der Waals surface area (Å²) in [4.78, 5) is 26.1. The Morgan fingerprint density at radius 1 is 1.32 bits per heavy atom. The molecule has 0 bridgehead atoms. The van der Waals surface area contributed by atoms with Crippen LogP contribution in [0.3, 0.4) is 0 Å². The second kappa shape index (κ2) is 6.37. The number of hydrogen-bond acceptors (Lipinski definition) is 3. The maximum atomic E-state index is 12.3. The number of rotatable bonds is 2. The van der Waals surface area contributed by atoms with Crippen LogP contribution in [-0.2, 0) is 0 Å². The van der Waals surface area contributed by atoms with Crippen LogP contribution in [-0.4, -0.2) is 39.7 Å². The second-order valence-electron chi connectivity index (χ2n) is 5.48. The molecule has 1 atom stereocenters. The average molecular weight is 323 g/mol. The number of halogens is 1. The SMILES string of the molecule is Cc1ccc(-n2[nH]c(C(=O)N3CC[C@@H](N)C3)cc2=O)cc1.Cl. The number of aromatic amines is 1. The molecule has 1 amide bonds. The molecule has 1 fully saturated rings. The van der Waals surface area contributed by atoms with Gasteiger partial charge in [0.2, 0.25) is 0 Å². The molecule has 1 aliphatic rings. The van der Waals surface area contributed by atoms with Crippen LogP contribution in [0.5, 0.6) is 0 Å². The Kier molecular flexibility index (Phi) is 4.73. The van der Waals surface area contributed by atoms with Crippen LogP contribution in [0, 0.1) is 6.92 Å². The number of nitrogens with one attached hydrogen (secondary N) is 1. The summed E-state index contributed by atoms with van der Waals surface area (Å²) in [6, 6.07) is 8.89. The summed E-state index contributed by atoms with van der Waals surface area (Å²) >= 11 is 0. The van der Waals surface area contributed by atoms with E-state index in [9.17, 15) is 9.59 Å². The summed E-state index contributed by atoms with van der Waals surface area (Å²) in [7, 11) is 0. The average Bonchev–Trinajstić information content (AvgIpc) is 3.05. The summed E-state index contributed by atoms with van der Waals surface area (Å²) in [5.41, 5.74) is 7.69. The quantitative estimate of drug-likeness (QED) is 0.867. The Morgan fingerprint density at radius 3 is 2.59 bits per heavy atom. The van der Waals surface area contributed by atoms with Crippen LogP contribution in [0.4, 0.5) is 0 Å². The van der Waals surface area contributed by atoms with Gasteiger partial charge in [-0.2, -0.15) is 0 Å². The van der Waals surface area contributed by atoms with Gasteiger partial charge in [-0.1, -0.05) is 17.7 Å². The first-order valence-corrected chi connectivity index (χ1v) is 6.98. The van der Waals surface area contributed by atoms with Gasteiger partial charge in [-0.15, -0.1) is 12.4 Å². The summed E-state index contributed by atoms with van der Waals surface area (Å²) in [6.07, 6.45) is 0.800. The largest absolute Gasteiger partial charge is 0.336 e. The van der Waals surface area contributed by atoms with Crippen LogP contribution in [0.2, 0.25) is 0 Å². The number of carbonyl (C=O) groups is 1. The molecule has 1 aromatic heterocycles. The van der Waals surface area contributed by atoms with E-state index in [1.807, 2.05) is 31.2 Å². The van der Waals surface area contributed by atoms with Crippen molar-refractivity contribution in [3.05, 3.63) is 51.9 Å². The van der Waals surface area contributed by atoms with E-state index < -0.39 is 0 Å². The van der Waals surface area contributed by atoms with Crippen molar-refractivity contribution in [2.45, 2.75) is 19.4 Å². The molecular weight excluding hydrogens is 304 g/mol. The van der Waals surface area contributed by atoms with Crippen molar-refractivity contribution in [2.75, 3.05) is 13.1 Å². The van der Waals surface area contributed by atoms with Gasteiger partial charge in [0.1, 0.15) is 5.69 Å². The molecule has 0 saturated carbocycles. The zero-order valence-corrected chi connectivity index (χ0v) is 13.1. The van der Waals surface area contributed by atoms with E-state index in [0.29, 0.717) is 24.5 Å². The fourth-order valence-electron chi connectivity index (χ4n) is 2.53. The fraction of sp³-hybridized carbons (Fsp3) is 0.333. The number of nitrogens with zero attached hydrogens (tertiary/aromatic N) is 2. The predicted molar refractivity (Wildman–Crippen MR) is 86.9 cm³/mol. The Balaban J connectivity index is 0.00000176. The lowest BCUT2D eigenvalue weighted by atomic mass is 10.2. The zero-order chi connectivity index (χ0) is 15.0. The van der Waals surface area contributed by atoms with Gasteiger partial charge in [0.15, 0.2) is 0 Å². The number of hydrogen-bond donors (Lipinski definition) is 2. The number of likely N-dealkylation sites (tertiary alicyclic amines) is 1. The highest BCUT2D eigenvalue weighted by molar-refractivity contribution is 5.92. The number of aryl methyl sites for hydroxylation is 1. The minimum Gasteiger partial charge on any atom is -0.336 e. The molecule has 7 heteroatoms. The third-order valence-electron chi connectivity index (χ3n) is 3.75. The smallest absolute Gasteiger partial charge is 0.272 e. The molecule has 0 spiro atoms. The maximum Gasteiger partial charge on any atom is 0.272 e. The standard InChI is InChI=1S/C15H18N4O2.ClH/c1-10-2-4-12(5-3-10)19-14(20)8-13(17-19)15(21)18-7-6-11(16)9-18;/h2-5,8,11,17H,6-7,9,16H2,1H3;1H/t11-;/m1./s1. The molecule has 118 valence electrons. The van der Waals surface area contributed by atoms with Gasteiger partial charge >= 0.3 is 0 Å². The third kappa shape index (κ3) is 3.08. The molecule has 0 unspecified atom stereocenters. The molecule has 1 aliphatic heterocycles. The van der Waals surface area contributed by atoms with Gasteiger partial charge in [0, 0.05) is 25.2 Å². The Hall–Kier alpha value is -2.05. The van der Waals surface area contributed by atoms with Crippen molar-refractivity contribution in [3.8, 4) is 5.69 Å².